The van der Waals surface area contributed by atoms with E-state index in [-0.39, 0.29) is 17.6 Å². The van der Waals surface area contributed by atoms with Crippen LogP contribution < -0.4 is 5.32 Å². The number of nitrogens with zero attached hydrogens (tertiary/aromatic N) is 1. The van der Waals surface area contributed by atoms with E-state index < -0.39 is 23.4 Å². The Hall–Kier alpha value is -3.20. The summed E-state index contributed by atoms with van der Waals surface area (Å²) < 4.78 is 15.7. The second-order valence-corrected chi connectivity index (χ2v) is 5.98. The van der Waals surface area contributed by atoms with E-state index in [0.717, 1.165) is 12.8 Å². The zero-order valence-electron chi connectivity index (χ0n) is 14.4. The van der Waals surface area contributed by atoms with Crippen molar-refractivity contribution in [2.45, 2.75) is 18.9 Å². The Kier molecular flexibility index (Phi) is 5.82. The Morgan fingerprint density at radius 2 is 2.00 bits per heavy atom. The highest BCUT2D eigenvalue weighted by Gasteiger charge is 2.18. The second kappa shape index (κ2) is 8.45. The van der Waals surface area contributed by atoms with Crippen LogP contribution in [0.2, 0.25) is 0 Å². The first kappa shape index (κ1) is 18.6. The minimum atomic E-state index is -0.768. The molecule has 1 fully saturated rings. The molecule has 9 heteroatoms. The van der Waals surface area contributed by atoms with E-state index >= 15 is 0 Å². The van der Waals surface area contributed by atoms with Crippen LogP contribution in [0.15, 0.2) is 40.8 Å². The Balaban J connectivity index is 1.50. The first-order valence-corrected chi connectivity index (χ1v) is 8.43. The lowest BCUT2D eigenvalue weighted by atomic mass is 10.1. The zero-order valence-corrected chi connectivity index (χ0v) is 14.4. The molecule has 0 bridgehead atoms. The smallest absolute Gasteiger partial charge is 0.374 e. The zero-order chi connectivity index (χ0) is 19.2. The summed E-state index contributed by atoms with van der Waals surface area (Å²) in [6.45, 7) is 0.672. The number of nitrogens with one attached hydrogen (secondary N) is 1. The average Bonchev–Trinajstić information content (AvgIpc) is 3.36. The highest BCUT2D eigenvalue weighted by Crippen LogP contribution is 2.24. The number of benzene rings is 1. The van der Waals surface area contributed by atoms with E-state index in [0.29, 0.717) is 24.5 Å². The second-order valence-electron chi connectivity index (χ2n) is 5.98. The van der Waals surface area contributed by atoms with E-state index in [1.165, 1.54) is 30.3 Å². The number of rotatable bonds is 7. The molecule has 142 valence electrons. The van der Waals surface area contributed by atoms with Gasteiger partial charge >= 0.3 is 5.97 Å². The molecule has 27 heavy (non-hydrogen) atoms. The number of ether oxygens (including phenoxy) is 2. The van der Waals surface area contributed by atoms with Gasteiger partial charge in [0, 0.05) is 30.8 Å². The fraction of sp³-hybridized carbons (Fsp3) is 0.333. The molecule has 2 heterocycles. The quantitative estimate of drug-likeness (QED) is 0.448. The van der Waals surface area contributed by atoms with Crippen LogP contribution in [-0.2, 0) is 14.3 Å². The van der Waals surface area contributed by atoms with Crippen molar-refractivity contribution in [3.05, 3.63) is 52.3 Å². The highest BCUT2D eigenvalue weighted by molar-refractivity contribution is 5.89. The van der Waals surface area contributed by atoms with Gasteiger partial charge in [-0.1, -0.05) is 0 Å². The molecule has 1 aliphatic heterocycles. The van der Waals surface area contributed by atoms with Crippen molar-refractivity contribution < 1.29 is 28.4 Å². The molecule has 0 unspecified atom stereocenters. The fourth-order valence-electron chi connectivity index (χ4n) is 2.64. The van der Waals surface area contributed by atoms with Crippen LogP contribution in [0.1, 0.15) is 23.4 Å². The predicted molar refractivity (Wildman–Crippen MR) is 93.1 cm³/mol. The molecule has 1 aromatic carbocycles. The number of hydrogen-bond donors (Lipinski definition) is 1. The molecular weight excluding hydrogens is 356 g/mol. The van der Waals surface area contributed by atoms with Gasteiger partial charge in [-0.3, -0.25) is 14.9 Å². The van der Waals surface area contributed by atoms with Gasteiger partial charge in [0.05, 0.1) is 11.0 Å². The molecule has 1 amide bonds. The maximum Gasteiger partial charge on any atom is 0.374 e. The molecule has 1 saturated heterocycles. The number of carbonyl (C=O) groups is 2. The third-order valence-corrected chi connectivity index (χ3v) is 4.06. The van der Waals surface area contributed by atoms with Crippen molar-refractivity contribution >= 4 is 17.6 Å². The SMILES string of the molecule is O=C(COC(=O)c1ccc(-c2ccc([N+](=O)[O-])cc2)o1)NC[C@@H]1CCCO1. The summed E-state index contributed by atoms with van der Waals surface area (Å²) in [6, 6.07) is 8.69. The van der Waals surface area contributed by atoms with Crippen molar-refractivity contribution in [2.75, 3.05) is 19.8 Å². The number of hydrogen-bond acceptors (Lipinski definition) is 7. The minimum Gasteiger partial charge on any atom is -0.450 e. The van der Waals surface area contributed by atoms with Gasteiger partial charge in [-0.25, -0.2) is 4.79 Å². The summed E-state index contributed by atoms with van der Waals surface area (Å²) in [5.41, 5.74) is 0.535. The van der Waals surface area contributed by atoms with Crippen molar-refractivity contribution in [2.24, 2.45) is 0 Å². The molecule has 0 spiro atoms. The third kappa shape index (κ3) is 4.91. The molecule has 1 atom stereocenters. The van der Waals surface area contributed by atoms with Crippen LogP contribution in [0, 0.1) is 10.1 Å². The highest BCUT2D eigenvalue weighted by atomic mass is 16.6. The van der Waals surface area contributed by atoms with Gasteiger partial charge in [0.1, 0.15) is 5.76 Å². The first-order valence-electron chi connectivity index (χ1n) is 8.43. The van der Waals surface area contributed by atoms with Crippen LogP contribution in [0.25, 0.3) is 11.3 Å². The van der Waals surface area contributed by atoms with Crippen molar-refractivity contribution in [3.8, 4) is 11.3 Å². The van der Waals surface area contributed by atoms with Gasteiger partial charge < -0.3 is 19.2 Å². The van der Waals surface area contributed by atoms with Gasteiger partial charge in [-0.15, -0.1) is 0 Å². The molecule has 1 aliphatic rings. The monoisotopic (exact) mass is 374 g/mol. The lowest BCUT2D eigenvalue weighted by Crippen LogP contribution is -2.34. The Morgan fingerprint density at radius 3 is 2.67 bits per heavy atom. The molecular formula is C18H18N2O7. The maximum atomic E-state index is 12.0. The van der Waals surface area contributed by atoms with Crippen molar-refractivity contribution in [1.29, 1.82) is 0 Å². The van der Waals surface area contributed by atoms with Crippen molar-refractivity contribution in [1.82, 2.24) is 5.32 Å². The topological polar surface area (TPSA) is 121 Å². The van der Waals surface area contributed by atoms with Gasteiger partial charge in [0.15, 0.2) is 6.61 Å². The van der Waals surface area contributed by atoms with E-state index in [1.54, 1.807) is 6.07 Å². The van der Waals surface area contributed by atoms with Crippen molar-refractivity contribution in [3.63, 3.8) is 0 Å². The van der Waals surface area contributed by atoms with Crippen LogP contribution in [0.3, 0.4) is 0 Å². The molecule has 0 aliphatic carbocycles. The number of nitro benzene ring substituents is 1. The summed E-state index contributed by atoms with van der Waals surface area (Å²) in [5.74, 6) is -0.883. The summed E-state index contributed by atoms with van der Waals surface area (Å²) in [4.78, 5) is 33.9. The Morgan fingerprint density at radius 1 is 1.22 bits per heavy atom. The largest absolute Gasteiger partial charge is 0.450 e. The third-order valence-electron chi connectivity index (χ3n) is 4.06. The Bertz CT molecular complexity index is 822. The Labute approximate surface area is 154 Å². The molecule has 0 radical (unpaired) electrons. The number of nitro groups is 1. The fourth-order valence-corrected chi connectivity index (χ4v) is 2.64. The summed E-state index contributed by atoms with van der Waals surface area (Å²) in [6.07, 6.45) is 1.89. The van der Waals surface area contributed by atoms with Gasteiger partial charge in [-0.05, 0) is 37.1 Å². The van der Waals surface area contributed by atoms with Crippen LogP contribution in [0.5, 0.6) is 0 Å². The summed E-state index contributed by atoms with van der Waals surface area (Å²) in [7, 11) is 0. The summed E-state index contributed by atoms with van der Waals surface area (Å²) in [5, 5.41) is 13.3. The van der Waals surface area contributed by atoms with Crippen LogP contribution in [-0.4, -0.2) is 42.7 Å². The lowest BCUT2D eigenvalue weighted by Gasteiger charge is -2.10. The lowest BCUT2D eigenvalue weighted by molar-refractivity contribution is -0.384. The van der Waals surface area contributed by atoms with Gasteiger partial charge in [-0.2, -0.15) is 0 Å². The van der Waals surface area contributed by atoms with E-state index in [9.17, 15) is 19.7 Å². The molecule has 2 aromatic rings. The average molecular weight is 374 g/mol. The number of carbonyl (C=O) groups excluding carboxylic acids is 2. The normalized spacial score (nSPS) is 16.1. The molecule has 9 nitrogen and oxygen atoms in total. The number of amides is 1. The number of esters is 1. The van der Waals surface area contributed by atoms with Crippen LogP contribution >= 0.6 is 0 Å². The summed E-state index contributed by atoms with van der Waals surface area (Å²) >= 11 is 0. The van der Waals surface area contributed by atoms with Crippen LogP contribution in [0.4, 0.5) is 5.69 Å². The molecule has 1 N–H and O–H groups in total. The molecule has 0 saturated carbocycles. The molecule has 3 rings (SSSR count). The number of furan rings is 1. The van der Waals surface area contributed by atoms with E-state index in [4.69, 9.17) is 13.9 Å². The van der Waals surface area contributed by atoms with E-state index in [1.807, 2.05) is 0 Å². The maximum absolute atomic E-state index is 12.0. The van der Waals surface area contributed by atoms with Gasteiger partial charge in [0.2, 0.25) is 5.76 Å². The predicted octanol–water partition coefficient (Wildman–Crippen LogP) is 2.31. The first-order chi connectivity index (χ1) is 13.0. The minimum absolute atomic E-state index is 0.0129. The molecule has 1 aromatic heterocycles. The van der Waals surface area contributed by atoms with E-state index in [2.05, 4.69) is 5.32 Å². The number of non-ortho nitro benzene ring substituents is 1. The standard InChI is InChI=1S/C18H18N2O7/c21-17(19-10-14-2-1-9-25-14)11-26-18(22)16-8-7-15(27-16)12-3-5-13(6-4-12)20(23)24/h3-8,14H,1-2,9-11H2,(H,19,21)/t14-/m0/s1. The van der Waals surface area contributed by atoms with Gasteiger partial charge in [0.25, 0.3) is 11.6 Å².